The zero-order valence-corrected chi connectivity index (χ0v) is 15.8. The van der Waals surface area contributed by atoms with Crippen molar-refractivity contribution >= 4 is 23.3 Å². The van der Waals surface area contributed by atoms with E-state index in [1.165, 1.54) is 6.20 Å². The molecule has 0 radical (unpaired) electrons. The smallest absolute Gasteiger partial charge is 0.257 e. The molecule has 3 heterocycles. The molecule has 0 saturated carbocycles. The van der Waals surface area contributed by atoms with Gasteiger partial charge in [-0.25, -0.2) is 0 Å². The van der Waals surface area contributed by atoms with Gasteiger partial charge in [-0.15, -0.1) is 10.2 Å². The molecule has 3 aromatic heterocycles. The molecule has 11 heteroatoms. The SMILES string of the molecule is Cc1cc(NC(=O)Cn2nnc(-c3ccccc3NC(=O)c3cccnc3)n2)no1. The van der Waals surface area contributed by atoms with Crippen LogP contribution >= 0.6 is 0 Å². The van der Waals surface area contributed by atoms with E-state index >= 15 is 0 Å². The lowest BCUT2D eigenvalue weighted by molar-refractivity contribution is -0.117. The molecule has 30 heavy (non-hydrogen) atoms. The van der Waals surface area contributed by atoms with Crippen LogP contribution in [0.1, 0.15) is 16.1 Å². The maximum Gasteiger partial charge on any atom is 0.257 e. The average Bonchev–Trinajstić information content (AvgIpc) is 3.37. The molecule has 2 amide bonds. The third-order valence-electron chi connectivity index (χ3n) is 3.97. The van der Waals surface area contributed by atoms with Crippen molar-refractivity contribution in [1.29, 1.82) is 0 Å². The third-order valence-corrected chi connectivity index (χ3v) is 3.97. The Morgan fingerprint density at radius 1 is 1.13 bits per heavy atom. The van der Waals surface area contributed by atoms with Crippen LogP contribution in [-0.4, -0.2) is 42.2 Å². The number of carbonyl (C=O) groups excluding carboxylic acids is 2. The molecule has 4 rings (SSSR count). The largest absolute Gasteiger partial charge is 0.360 e. The molecule has 0 fully saturated rings. The highest BCUT2D eigenvalue weighted by Crippen LogP contribution is 2.24. The van der Waals surface area contributed by atoms with Gasteiger partial charge in [-0.2, -0.15) is 4.80 Å². The second-order valence-electron chi connectivity index (χ2n) is 6.26. The molecule has 0 spiro atoms. The summed E-state index contributed by atoms with van der Waals surface area (Å²) < 4.78 is 4.90. The van der Waals surface area contributed by atoms with Gasteiger partial charge in [0.2, 0.25) is 11.7 Å². The molecule has 0 atom stereocenters. The van der Waals surface area contributed by atoms with Crippen LogP contribution in [0.15, 0.2) is 59.4 Å². The van der Waals surface area contributed by atoms with E-state index in [-0.39, 0.29) is 24.2 Å². The second-order valence-corrected chi connectivity index (χ2v) is 6.26. The van der Waals surface area contributed by atoms with Crippen LogP contribution in [0.25, 0.3) is 11.4 Å². The number of tetrazole rings is 1. The lowest BCUT2D eigenvalue weighted by Crippen LogP contribution is -2.20. The van der Waals surface area contributed by atoms with Gasteiger partial charge < -0.3 is 15.2 Å². The third kappa shape index (κ3) is 4.35. The number of rotatable bonds is 6. The number of hydrogen-bond donors (Lipinski definition) is 2. The van der Waals surface area contributed by atoms with Crippen LogP contribution in [0.5, 0.6) is 0 Å². The predicted molar refractivity (Wildman–Crippen MR) is 105 cm³/mol. The first-order valence-corrected chi connectivity index (χ1v) is 8.90. The fourth-order valence-corrected chi connectivity index (χ4v) is 2.63. The van der Waals surface area contributed by atoms with Crippen LogP contribution in [-0.2, 0) is 11.3 Å². The highest BCUT2D eigenvalue weighted by Gasteiger charge is 2.15. The molecule has 1 aromatic carbocycles. The van der Waals surface area contributed by atoms with Crippen molar-refractivity contribution in [2.75, 3.05) is 10.6 Å². The van der Waals surface area contributed by atoms with E-state index in [4.69, 9.17) is 4.52 Å². The molecule has 0 unspecified atom stereocenters. The molecule has 11 nitrogen and oxygen atoms in total. The van der Waals surface area contributed by atoms with E-state index < -0.39 is 0 Å². The Labute approximate surface area is 170 Å². The lowest BCUT2D eigenvalue weighted by atomic mass is 10.1. The first-order valence-electron chi connectivity index (χ1n) is 8.90. The highest BCUT2D eigenvalue weighted by atomic mass is 16.5. The van der Waals surface area contributed by atoms with Crippen molar-refractivity contribution in [2.45, 2.75) is 13.5 Å². The molecule has 2 N–H and O–H groups in total. The number of aryl methyl sites for hydroxylation is 1. The van der Waals surface area contributed by atoms with E-state index in [1.807, 2.05) is 0 Å². The van der Waals surface area contributed by atoms with Crippen molar-refractivity contribution < 1.29 is 14.1 Å². The van der Waals surface area contributed by atoms with E-state index in [2.05, 4.69) is 36.2 Å². The molecule has 0 saturated heterocycles. The fourth-order valence-electron chi connectivity index (χ4n) is 2.63. The summed E-state index contributed by atoms with van der Waals surface area (Å²) in [6.45, 7) is 1.56. The van der Waals surface area contributed by atoms with Crippen LogP contribution in [0.4, 0.5) is 11.5 Å². The molecule has 150 valence electrons. The lowest BCUT2D eigenvalue weighted by Gasteiger charge is -2.08. The summed E-state index contributed by atoms with van der Waals surface area (Å²) in [5.74, 6) is 0.454. The Balaban J connectivity index is 1.48. The number of amides is 2. The molecule has 0 aliphatic carbocycles. The fraction of sp³-hybridized carbons (Fsp3) is 0.105. The Bertz CT molecular complexity index is 1190. The molecule has 0 aliphatic rings. The van der Waals surface area contributed by atoms with Crippen molar-refractivity contribution in [3.63, 3.8) is 0 Å². The maximum absolute atomic E-state index is 12.4. The number of benzene rings is 1. The molecule has 0 aliphatic heterocycles. The number of nitrogens with zero attached hydrogens (tertiary/aromatic N) is 6. The minimum atomic E-state index is -0.384. The van der Waals surface area contributed by atoms with Crippen LogP contribution in [0, 0.1) is 6.92 Å². The Kier molecular flexibility index (Phi) is 5.24. The number of nitrogens with one attached hydrogen (secondary N) is 2. The topological polar surface area (TPSA) is 141 Å². The summed E-state index contributed by atoms with van der Waals surface area (Å²) in [5, 5.41) is 21.2. The van der Waals surface area contributed by atoms with Crippen LogP contribution < -0.4 is 10.6 Å². The summed E-state index contributed by atoms with van der Waals surface area (Å²) in [6, 6.07) is 12.0. The van der Waals surface area contributed by atoms with Crippen molar-refractivity contribution in [1.82, 2.24) is 30.3 Å². The van der Waals surface area contributed by atoms with Gasteiger partial charge >= 0.3 is 0 Å². The van der Waals surface area contributed by atoms with Crippen molar-refractivity contribution in [3.8, 4) is 11.4 Å². The number of para-hydroxylation sites is 1. The normalized spacial score (nSPS) is 10.6. The quantitative estimate of drug-likeness (QED) is 0.497. The van der Waals surface area contributed by atoms with Gasteiger partial charge in [-0.05, 0) is 36.4 Å². The standard InChI is InChI=1S/C19H16N8O3/c1-12-9-16(25-30-12)22-17(28)11-27-24-18(23-26-27)14-6-2-3-7-15(14)21-19(29)13-5-4-8-20-10-13/h2-10H,11H2,1H3,(H,21,29)(H,22,25,28). The van der Waals surface area contributed by atoms with E-state index in [0.29, 0.717) is 28.4 Å². The molecular formula is C19H16N8O3. The van der Waals surface area contributed by atoms with E-state index in [1.54, 1.807) is 55.6 Å². The minimum absolute atomic E-state index is 0.164. The van der Waals surface area contributed by atoms with Gasteiger partial charge in [0.05, 0.1) is 11.3 Å². The van der Waals surface area contributed by atoms with Gasteiger partial charge in [0.15, 0.2) is 5.82 Å². The number of hydrogen-bond acceptors (Lipinski definition) is 8. The Morgan fingerprint density at radius 2 is 2.00 bits per heavy atom. The summed E-state index contributed by atoms with van der Waals surface area (Å²) in [5.41, 5.74) is 1.49. The molecular weight excluding hydrogens is 388 g/mol. The summed E-state index contributed by atoms with van der Waals surface area (Å²) >= 11 is 0. The number of carbonyl (C=O) groups is 2. The number of anilines is 2. The van der Waals surface area contributed by atoms with Gasteiger partial charge in [-0.1, -0.05) is 17.3 Å². The average molecular weight is 404 g/mol. The second kappa shape index (κ2) is 8.31. The monoisotopic (exact) mass is 404 g/mol. The first-order chi connectivity index (χ1) is 14.6. The van der Waals surface area contributed by atoms with Gasteiger partial charge in [-0.3, -0.25) is 14.6 Å². The summed E-state index contributed by atoms with van der Waals surface area (Å²) in [7, 11) is 0. The summed E-state index contributed by atoms with van der Waals surface area (Å²) in [4.78, 5) is 29.7. The van der Waals surface area contributed by atoms with E-state index in [9.17, 15) is 9.59 Å². The van der Waals surface area contributed by atoms with Crippen LogP contribution in [0.3, 0.4) is 0 Å². The zero-order chi connectivity index (χ0) is 20.9. The number of pyridine rings is 1. The van der Waals surface area contributed by atoms with Crippen LogP contribution in [0.2, 0.25) is 0 Å². The van der Waals surface area contributed by atoms with Crippen molar-refractivity contribution in [2.24, 2.45) is 0 Å². The summed E-state index contributed by atoms with van der Waals surface area (Å²) in [6.07, 6.45) is 3.06. The highest BCUT2D eigenvalue weighted by molar-refractivity contribution is 6.05. The minimum Gasteiger partial charge on any atom is -0.360 e. The maximum atomic E-state index is 12.4. The Hall–Kier alpha value is -4.41. The number of aromatic nitrogens is 6. The molecule has 0 bridgehead atoms. The van der Waals surface area contributed by atoms with E-state index in [0.717, 1.165) is 4.80 Å². The zero-order valence-electron chi connectivity index (χ0n) is 15.8. The van der Waals surface area contributed by atoms with Gasteiger partial charge in [0.25, 0.3) is 5.91 Å². The van der Waals surface area contributed by atoms with Gasteiger partial charge in [0.1, 0.15) is 12.3 Å². The Morgan fingerprint density at radius 3 is 2.77 bits per heavy atom. The predicted octanol–water partition coefficient (Wildman–Crippen LogP) is 1.92. The molecule has 4 aromatic rings. The first kappa shape index (κ1) is 18.9. The van der Waals surface area contributed by atoms with Gasteiger partial charge in [0, 0.05) is 24.0 Å². The van der Waals surface area contributed by atoms with Crippen molar-refractivity contribution in [3.05, 3.63) is 66.2 Å².